The quantitative estimate of drug-likeness (QED) is 0.0444. The number of H-pyrrole nitrogens is 2. The summed E-state index contributed by atoms with van der Waals surface area (Å²) in [6, 6.07) is 10.4. The number of anilines is 9. The maximum absolute atomic E-state index is 12.5. The Balaban J connectivity index is 0.000000411. The Morgan fingerprint density at radius 2 is 0.976 bits per heavy atom. The summed E-state index contributed by atoms with van der Waals surface area (Å²) in [5, 5.41) is 68.1. The molecule has 6 aromatic heterocycles. The van der Waals surface area contributed by atoms with Gasteiger partial charge in [0, 0.05) is 41.5 Å². The predicted octanol–water partition coefficient (Wildman–Crippen LogP) is 1.73. The van der Waals surface area contributed by atoms with Crippen LogP contribution in [0, 0.1) is 0 Å². The number of aromatic amines is 2. The van der Waals surface area contributed by atoms with Crippen molar-refractivity contribution in [3.8, 4) is 17.2 Å². The molecule has 446 valence electrons. The zero-order valence-corrected chi connectivity index (χ0v) is 46.7. The van der Waals surface area contributed by atoms with Gasteiger partial charge in [-0.2, -0.15) is 20.0 Å². The van der Waals surface area contributed by atoms with Crippen molar-refractivity contribution in [3.63, 3.8) is 0 Å². The Kier molecular flexibility index (Phi) is 27.1. The summed E-state index contributed by atoms with van der Waals surface area (Å²) in [6.45, 7) is 6.67. The van der Waals surface area contributed by atoms with Crippen LogP contribution in [0.1, 0.15) is 58.8 Å². The number of aliphatic hydroxyl groups excluding tert-OH is 1. The van der Waals surface area contributed by atoms with E-state index in [1.165, 1.54) is 46.5 Å². The molecule has 0 aliphatic rings. The van der Waals surface area contributed by atoms with E-state index in [0.29, 0.717) is 45.2 Å². The number of carbonyl (C=O) groups excluding carboxylic acids is 2. The van der Waals surface area contributed by atoms with Crippen molar-refractivity contribution < 1.29 is 102 Å². The second-order valence-electron chi connectivity index (χ2n) is 16.5. The molecule has 85 heavy (non-hydrogen) atoms. The molecule has 36 heteroatoms. The van der Waals surface area contributed by atoms with Crippen LogP contribution in [0.15, 0.2) is 74.0 Å². The van der Waals surface area contributed by atoms with Crippen molar-refractivity contribution >= 4 is 122 Å². The molecular formula is C49H57LiN18O17. The van der Waals surface area contributed by atoms with E-state index in [2.05, 4.69) is 71.3 Å². The van der Waals surface area contributed by atoms with E-state index in [9.17, 15) is 29.4 Å². The number of nitrogens with zero attached hydrogens (tertiary/aromatic N) is 10. The van der Waals surface area contributed by atoms with Crippen LogP contribution < -0.4 is 66.2 Å². The topological polar surface area (TPSA) is 546 Å². The molecule has 3 aromatic carbocycles. The molecule has 6 heterocycles. The first-order chi connectivity index (χ1) is 39.7. The van der Waals surface area contributed by atoms with Gasteiger partial charge in [0.2, 0.25) is 0 Å². The maximum Gasteiger partial charge on any atom is 1.00 e. The number of carboxylic acids is 2. The molecule has 0 bridgehead atoms. The average molecular weight is 1180 g/mol. The predicted molar refractivity (Wildman–Crippen MR) is 300 cm³/mol. The van der Waals surface area contributed by atoms with Crippen LogP contribution in [0.5, 0.6) is 17.2 Å². The van der Waals surface area contributed by atoms with E-state index >= 15 is 0 Å². The number of carboxylic acid groups (broad SMARTS) is 4. The number of hydrogen-bond acceptors (Lipinski definition) is 28. The van der Waals surface area contributed by atoms with Crippen molar-refractivity contribution in [1.29, 1.82) is 0 Å². The number of benzene rings is 3. The van der Waals surface area contributed by atoms with E-state index in [4.69, 9.17) is 65.8 Å². The molecule has 0 radical (unpaired) electrons. The molecule has 0 aliphatic carbocycles. The summed E-state index contributed by atoms with van der Waals surface area (Å²) in [6.07, 6.45) is 7.80. The van der Waals surface area contributed by atoms with Crippen molar-refractivity contribution in [1.82, 2.24) is 60.1 Å². The molecule has 0 aliphatic heterocycles. The monoisotopic (exact) mass is 1180 g/mol. The van der Waals surface area contributed by atoms with Gasteiger partial charge >= 0.3 is 42.9 Å². The molecule has 9 rings (SSSR count). The Morgan fingerprint density at radius 1 is 0.612 bits per heavy atom. The third kappa shape index (κ3) is 18.2. The third-order valence-electron chi connectivity index (χ3n) is 10.3. The van der Waals surface area contributed by atoms with Crippen LogP contribution in [-0.4, -0.2) is 169 Å². The molecule has 0 fully saturated rings. The van der Waals surface area contributed by atoms with Crippen LogP contribution in [0.4, 0.5) is 56.8 Å². The van der Waals surface area contributed by atoms with Crippen LogP contribution in [0.2, 0.25) is 0 Å². The number of carbonyl (C=O) groups is 6. The summed E-state index contributed by atoms with van der Waals surface area (Å²) < 4.78 is 27.6. The SMILES string of the molecule is CCOC(=O)c1c(N)ncnc1Nc1cc2cnn(C(=O)OC(C)(C)C)c2cc1OC.CO.COc1cc2[nH]ncc2cc1Nc1ncnc(N)c1C(=O)O.COc1cc2[nH]ncc2cc1Nc1ncnc(N)c1C(=O)O.O=CO.O=CO.[Li+].[OH-]. The fourth-order valence-corrected chi connectivity index (χ4v) is 6.94. The van der Waals surface area contributed by atoms with E-state index in [0.717, 1.165) is 33.6 Å². The third-order valence-corrected chi connectivity index (χ3v) is 10.3. The summed E-state index contributed by atoms with van der Waals surface area (Å²) >= 11 is 0. The Labute approximate surface area is 491 Å². The minimum absolute atomic E-state index is 0. The molecular weight excluding hydrogens is 1120 g/mol. The number of aromatic carboxylic acids is 2. The van der Waals surface area contributed by atoms with Crippen molar-refractivity contribution in [2.45, 2.75) is 33.3 Å². The molecule has 0 saturated heterocycles. The van der Waals surface area contributed by atoms with Crippen molar-refractivity contribution in [2.75, 3.05) is 68.2 Å². The summed E-state index contributed by atoms with van der Waals surface area (Å²) in [7, 11) is 5.49. The first kappa shape index (κ1) is 70.0. The van der Waals surface area contributed by atoms with E-state index in [1.54, 1.807) is 76.5 Å². The largest absolute Gasteiger partial charge is 1.00 e. The van der Waals surface area contributed by atoms with E-state index in [1.807, 2.05) is 0 Å². The van der Waals surface area contributed by atoms with Gasteiger partial charge in [-0.3, -0.25) is 19.8 Å². The number of ether oxygens (including phenoxy) is 5. The van der Waals surface area contributed by atoms with Gasteiger partial charge in [-0.1, -0.05) is 0 Å². The van der Waals surface area contributed by atoms with Gasteiger partial charge in [0.25, 0.3) is 12.9 Å². The number of nitrogens with one attached hydrogen (secondary N) is 5. The van der Waals surface area contributed by atoms with Gasteiger partial charge < -0.3 is 87.8 Å². The molecule has 0 spiro atoms. The number of nitrogen functional groups attached to an aromatic ring is 3. The first-order valence-electron chi connectivity index (χ1n) is 23.4. The molecule has 9 aromatic rings. The average Bonchev–Trinajstić information content (AvgIpc) is 4.43. The number of aromatic nitrogens is 12. The van der Waals surface area contributed by atoms with Crippen LogP contribution in [0.3, 0.4) is 0 Å². The second kappa shape index (κ2) is 32.9. The van der Waals surface area contributed by atoms with E-state index in [-0.39, 0.29) is 95.5 Å². The Morgan fingerprint density at radius 3 is 1.34 bits per heavy atom. The molecule has 0 unspecified atom stereocenters. The van der Waals surface area contributed by atoms with Gasteiger partial charge in [-0.25, -0.2) is 49.1 Å². The number of methoxy groups -OCH3 is 3. The second-order valence-corrected chi connectivity index (χ2v) is 16.5. The number of nitrogens with two attached hydrogens (primary N) is 3. The molecule has 0 amide bonds. The van der Waals surface area contributed by atoms with Crippen molar-refractivity contribution in [3.05, 3.63) is 90.7 Å². The van der Waals surface area contributed by atoms with Gasteiger partial charge in [-0.05, 0) is 45.9 Å². The molecule has 35 nitrogen and oxygen atoms in total. The van der Waals surface area contributed by atoms with Crippen LogP contribution >= 0.6 is 0 Å². The maximum atomic E-state index is 12.5. The van der Waals surface area contributed by atoms with Crippen LogP contribution in [0.25, 0.3) is 32.7 Å². The van der Waals surface area contributed by atoms with Gasteiger partial charge in [-0.15, -0.1) is 0 Å². The number of esters is 1. The fraction of sp³-hybridized carbons (Fsp3) is 0.204. The zero-order valence-electron chi connectivity index (χ0n) is 46.7. The summed E-state index contributed by atoms with van der Waals surface area (Å²) in [5.41, 5.74) is 19.6. The fourth-order valence-electron chi connectivity index (χ4n) is 6.94. The van der Waals surface area contributed by atoms with Gasteiger partial charge in [0.05, 0.1) is 80.1 Å². The van der Waals surface area contributed by atoms with Crippen molar-refractivity contribution in [2.24, 2.45) is 0 Å². The first-order valence-corrected chi connectivity index (χ1v) is 23.4. The minimum atomic E-state index is -1.22. The summed E-state index contributed by atoms with van der Waals surface area (Å²) in [5.74, 6) is -1.63. The Hall–Kier alpha value is -11.2. The standard InChI is InChI=1S/C20H24N6O5.2C13H12N6O3.2CH2O2.CH4O.Li.H2O/c1-6-30-18(27)15-16(21)22-10-23-17(15)25-12-7-11-9-24-26(13(11)8-14(12)29-5)19(28)31-20(2,3)4;2*1-22-9-3-7-6(4-17-19-7)2-8(9)18-12-10(13(20)21)11(14)15-5-16-12;2*2-1-3;1-2;;/h7-10H,6H2,1-5H3,(H3,21,22,23,25);2*2-5H,1H3,(H,17,19)(H,20,21)(H3,14,15,16,18);2*1H,(H,2,3);2H,1H3;;1H2/q;;;;;;+1;/p-1. The summed E-state index contributed by atoms with van der Waals surface area (Å²) in [4.78, 5) is 87.4. The number of fused-ring (bicyclic) bond motifs is 3. The Bertz CT molecular complexity index is 3570. The molecule has 0 atom stereocenters. The minimum Gasteiger partial charge on any atom is -0.870 e. The molecule has 0 saturated carbocycles. The number of rotatable bonds is 13. The van der Waals surface area contributed by atoms with Crippen LogP contribution in [-0.2, 0) is 19.1 Å². The van der Waals surface area contributed by atoms with Gasteiger partial charge in [0.1, 0.15) is 76.0 Å². The zero-order chi connectivity index (χ0) is 61.6. The number of hydrogen-bond donors (Lipinski definition) is 13. The van der Waals surface area contributed by atoms with Gasteiger partial charge in [0.15, 0.2) is 17.5 Å². The smallest absolute Gasteiger partial charge is 0.870 e. The van der Waals surface area contributed by atoms with E-state index < -0.39 is 29.6 Å². The normalized spacial score (nSPS) is 9.94. The number of aliphatic hydroxyl groups is 1. The molecule has 17 N–H and O–H groups in total.